The van der Waals surface area contributed by atoms with E-state index in [1.54, 1.807) is 0 Å². The summed E-state index contributed by atoms with van der Waals surface area (Å²) in [7, 11) is 0. The van der Waals surface area contributed by atoms with Crippen molar-refractivity contribution < 1.29 is 0 Å². The Morgan fingerprint density at radius 3 is 3.00 bits per heavy atom. The molecule has 2 heterocycles. The second kappa shape index (κ2) is 6.04. The lowest BCUT2D eigenvalue weighted by molar-refractivity contribution is 0.257. The molecule has 0 amide bonds. The zero-order valence-electron chi connectivity index (χ0n) is 11.5. The largest absolute Gasteiger partial charge is 0.313 e. The molecule has 1 unspecified atom stereocenters. The second-order valence-electron chi connectivity index (χ2n) is 5.11. The van der Waals surface area contributed by atoms with Crippen LogP contribution in [0.5, 0.6) is 0 Å². The fraction of sp³-hybridized carbons (Fsp3) is 0.769. The summed E-state index contributed by atoms with van der Waals surface area (Å²) in [5, 5.41) is 8.83. The molecule has 1 aromatic rings. The quantitative estimate of drug-likeness (QED) is 0.913. The highest BCUT2D eigenvalue weighted by molar-refractivity contribution is 6.31. The predicted molar refractivity (Wildman–Crippen MR) is 75.0 cm³/mol. The first-order valence-electron chi connectivity index (χ1n) is 6.79. The number of rotatable bonds is 3. The van der Waals surface area contributed by atoms with Gasteiger partial charge in [0.15, 0.2) is 0 Å². The zero-order valence-corrected chi connectivity index (χ0v) is 12.3. The van der Waals surface area contributed by atoms with Crippen LogP contribution in [0, 0.1) is 6.92 Å². The molecule has 0 saturated carbocycles. The Balaban J connectivity index is 2.12. The molecular formula is C13H23ClN4. The number of aromatic nitrogens is 2. The van der Waals surface area contributed by atoms with Gasteiger partial charge in [-0.25, -0.2) is 0 Å². The SMILES string of the molecule is CCn1nc(C)c(Cl)c1CN1CCCNC(C)C1. The van der Waals surface area contributed by atoms with Crippen LogP contribution in [0.25, 0.3) is 0 Å². The van der Waals surface area contributed by atoms with Crippen LogP contribution >= 0.6 is 11.6 Å². The Bertz CT molecular complexity index is 402. The van der Waals surface area contributed by atoms with Crippen LogP contribution in [0.2, 0.25) is 5.02 Å². The molecule has 0 spiro atoms. The Morgan fingerprint density at radius 1 is 1.50 bits per heavy atom. The summed E-state index contributed by atoms with van der Waals surface area (Å²) in [6.07, 6.45) is 1.20. The van der Waals surface area contributed by atoms with E-state index >= 15 is 0 Å². The minimum atomic E-state index is 0.547. The number of hydrogen-bond acceptors (Lipinski definition) is 3. The minimum absolute atomic E-state index is 0.547. The van der Waals surface area contributed by atoms with Crippen LogP contribution in [0.4, 0.5) is 0 Å². The molecule has 1 saturated heterocycles. The molecule has 1 atom stereocenters. The van der Waals surface area contributed by atoms with Crippen molar-refractivity contribution in [3.8, 4) is 0 Å². The maximum absolute atomic E-state index is 6.36. The molecular weight excluding hydrogens is 248 g/mol. The normalized spacial score (nSPS) is 22.1. The van der Waals surface area contributed by atoms with Gasteiger partial charge < -0.3 is 5.32 Å². The molecule has 0 radical (unpaired) electrons. The fourth-order valence-electron chi connectivity index (χ4n) is 2.57. The first kappa shape index (κ1) is 13.8. The molecule has 1 fully saturated rings. The van der Waals surface area contributed by atoms with Crippen LogP contribution in [0.3, 0.4) is 0 Å². The standard InChI is InChI=1S/C13H23ClN4/c1-4-18-12(13(14)11(3)16-18)9-17-7-5-6-15-10(2)8-17/h10,15H,4-9H2,1-3H3. The van der Waals surface area contributed by atoms with E-state index in [2.05, 4.69) is 29.2 Å². The molecule has 0 aliphatic carbocycles. The first-order chi connectivity index (χ1) is 8.61. The van der Waals surface area contributed by atoms with Crippen molar-refractivity contribution in [3.63, 3.8) is 0 Å². The molecule has 1 aliphatic heterocycles. The van der Waals surface area contributed by atoms with E-state index in [1.807, 2.05) is 11.6 Å². The van der Waals surface area contributed by atoms with Crippen LogP contribution in [-0.4, -0.2) is 40.4 Å². The molecule has 0 bridgehead atoms. The Morgan fingerprint density at radius 2 is 2.28 bits per heavy atom. The number of nitrogens with zero attached hydrogens (tertiary/aromatic N) is 3. The van der Waals surface area contributed by atoms with Crippen LogP contribution < -0.4 is 5.32 Å². The topological polar surface area (TPSA) is 33.1 Å². The van der Waals surface area contributed by atoms with E-state index in [4.69, 9.17) is 11.6 Å². The van der Waals surface area contributed by atoms with Crippen molar-refractivity contribution in [3.05, 3.63) is 16.4 Å². The first-order valence-corrected chi connectivity index (χ1v) is 7.17. The maximum Gasteiger partial charge on any atom is 0.0860 e. The van der Waals surface area contributed by atoms with Gasteiger partial charge in [0.1, 0.15) is 0 Å². The van der Waals surface area contributed by atoms with Gasteiger partial charge in [0.05, 0.1) is 16.4 Å². The smallest absolute Gasteiger partial charge is 0.0860 e. The lowest BCUT2D eigenvalue weighted by atomic mass is 10.3. The molecule has 1 aliphatic rings. The Hall–Kier alpha value is -0.580. The summed E-state index contributed by atoms with van der Waals surface area (Å²) in [5.74, 6) is 0. The van der Waals surface area contributed by atoms with E-state index in [0.29, 0.717) is 6.04 Å². The van der Waals surface area contributed by atoms with Gasteiger partial charge in [0.25, 0.3) is 0 Å². The average molecular weight is 271 g/mol. The number of hydrogen-bond donors (Lipinski definition) is 1. The Kier molecular flexibility index (Phi) is 4.65. The lowest BCUT2D eigenvalue weighted by Crippen LogP contribution is -2.35. The van der Waals surface area contributed by atoms with Crippen molar-refractivity contribution in [2.45, 2.75) is 46.3 Å². The van der Waals surface area contributed by atoms with Gasteiger partial charge >= 0.3 is 0 Å². The highest BCUT2D eigenvalue weighted by Crippen LogP contribution is 2.22. The van der Waals surface area contributed by atoms with Gasteiger partial charge in [-0.05, 0) is 40.3 Å². The van der Waals surface area contributed by atoms with Gasteiger partial charge in [-0.15, -0.1) is 0 Å². The second-order valence-corrected chi connectivity index (χ2v) is 5.48. The molecule has 5 heteroatoms. The summed E-state index contributed by atoms with van der Waals surface area (Å²) in [5.41, 5.74) is 2.10. The zero-order chi connectivity index (χ0) is 13.1. The highest BCUT2D eigenvalue weighted by Gasteiger charge is 2.19. The predicted octanol–water partition coefficient (Wildman–Crippen LogP) is 2.05. The van der Waals surface area contributed by atoms with Gasteiger partial charge in [0.2, 0.25) is 0 Å². The third-order valence-corrected chi connectivity index (χ3v) is 3.99. The number of halogens is 1. The molecule has 1 aromatic heterocycles. The van der Waals surface area contributed by atoms with Crippen LogP contribution in [0.15, 0.2) is 0 Å². The summed E-state index contributed by atoms with van der Waals surface area (Å²) in [4.78, 5) is 2.47. The molecule has 4 nitrogen and oxygen atoms in total. The van der Waals surface area contributed by atoms with Crippen molar-refractivity contribution in [2.24, 2.45) is 0 Å². The van der Waals surface area contributed by atoms with E-state index in [1.165, 1.54) is 6.42 Å². The summed E-state index contributed by atoms with van der Waals surface area (Å²) >= 11 is 6.36. The van der Waals surface area contributed by atoms with Crippen molar-refractivity contribution in [1.29, 1.82) is 0 Å². The molecule has 1 N–H and O–H groups in total. The van der Waals surface area contributed by atoms with E-state index in [0.717, 1.165) is 49.1 Å². The van der Waals surface area contributed by atoms with Crippen LogP contribution in [0.1, 0.15) is 31.7 Å². The third-order valence-electron chi connectivity index (χ3n) is 3.50. The fourth-order valence-corrected chi connectivity index (χ4v) is 2.76. The minimum Gasteiger partial charge on any atom is -0.313 e. The summed E-state index contributed by atoms with van der Waals surface area (Å²) in [6, 6.07) is 0.547. The molecule has 0 aromatic carbocycles. The van der Waals surface area contributed by atoms with E-state index < -0.39 is 0 Å². The van der Waals surface area contributed by atoms with Gasteiger partial charge in [-0.3, -0.25) is 9.58 Å². The summed E-state index contributed by atoms with van der Waals surface area (Å²) in [6.45, 7) is 11.4. The lowest BCUT2D eigenvalue weighted by Gasteiger charge is -2.22. The number of aryl methyl sites for hydroxylation is 2. The van der Waals surface area contributed by atoms with Crippen molar-refractivity contribution in [1.82, 2.24) is 20.0 Å². The third kappa shape index (κ3) is 3.05. The van der Waals surface area contributed by atoms with Crippen LogP contribution in [-0.2, 0) is 13.1 Å². The van der Waals surface area contributed by atoms with Crippen molar-refractivity contribution >= 4 is 11.6 Å². The van der Waals surface area contributed by atoms with Crippen molar-refractivity contribution in [2.75, 3.05) is 19.6 Å². The number of nitrogens with one attached hydrogen (secondary N) is 1. The average Bonchev–Trinajstić information content (AvgIpc) is 2.53. The molecule has 102 valence electrons. The van der Waals surface area contributed by atoms with E-state index in [-0.39, 0.29) is 0 Å². The maximum atomic E-state index is 6.36. The Labute approximate surface area is 114 Å². The van der Waals surface area contributed by atoms with E-state index in [9.17, 15) is 0 Å². The highest BCUT2D eigenvalue weighted by atomic mass is 35.5. The van der Waals surface area contributed by atoms with Gasteiger partial charge in [-0.1, -0.05) is 11.6 Å². The van der Waals surface area contributed by atoms with Gasteiger partial charge in [-0.2, -0.15) is 5.10 Å². The molecule has 2 rings (SSSR count). The van der Waals surface area contributed by atoms with Gasteiger partial charge in [0, 0.05) is 25.7 Å². The monoisotopic (exact) mass is 270 g/mol. The summed E-state index contributed by atoms with van der Waals surface area (Å²) < 4.78 is 2.03. The molecule has 18 heavy (non-hydrogen) atoms.